The molecule has 0 unspecified atom stereocenters. The summed E-state index contributed by atoms with van der Waals surface area (Å²) in [6.07, 6.45) is 1.10. The predicted octanol–water partition coefficient (Wildman–Crippen LogP) is 4.94. The molecular weight excluding hydrogens is 283 g/mol. The lowest BCUT2D eigenvalue weighted by molar-refractivity contribution is 1.39. The SMILES string of the molecule is Cc1ccccc1P(Cc1ccccc1)c1ccccc1C. The van der Waals surface area contributed by atoms with Crippen LogP contribution in [-0.2, 0) is 6.16 Å². The Morgan fingerprint density at radius 1 is 0.591 bits per heavy atom. The molecule has 110 valence electrons. The van der Waals surface area contributed by atoms with E-state index in [2.05, 4.69) is 92.7 Å². The van der Waals surface area contributed by atoms with Crippen molar-refractivity contribution in [1.29, 1.82) is 0 Å². The van der Waals surface area contributed by atoms with E-state index in [9.17, 15) is 0 Å². The van der Waals surface area contributed by atoms with Crippen LogP contribution in [0.1, 0.15) is 16.7 Å². The summed E-state index contributed by atoms with van der Waals surface area (Å²) in [5, 5.41) is 2.99. The maximum atomic E-state index is 2.30. The first-order valence-electron chi connectivity index (χ1n) is 7.68. The van der Waals surface area contributed by atoms with E-state index < -0.39 is 0 Å². The van der Waals surface area contributed by atoms with Gasteiger partial charge in [0, 0.05) is 6.16 Å². The zero-order valence-electron chi connectivity index (χ0n) is 13.2. The van der Waals surface area contributed by atoms with Gasteiger partial charge in [-0.3, -0.25) is 0 Å². The molecule has 0 saturated heterocycles. The lowest BCUT2D eigenvalue weighted by Crippen LogP contribution is -2.17. The van der Waals surface area contributed by atoms with Gasteiger partial charge in [0.1, 0.15) is 0 Å². The minimum atomic E-state index is -0.369. The Kier molecular flexibility index (Phi) is 4.71. The van der Waals surface area contributed by atoms with E-state index in [1.54, 1.807) is 0 Å². The highest BCUT2D eigenvalue weighted by Crippen LogP contribution is 2.39. The molecule has 0 aliphatic carbocycles. The highest BCUT2D eigenvalue weighted by Gasteiger charge is 2.17. The van der Waals surface area contributed by atoms with Gasteiger partial charge in [-0.25, -0.2) is 0 Å². The normalized spacial score (nSPS) is 10.9. The van der Waals surface area contributed by atoms with Gasteiger partial charge in [0.25, 0.3) is 0 Å². The van der Waals surface area contributed by atoms with Gasteiger partial charge < -0.3 is 0 Å². The zero-order chi connectivity index (χ0) is 15.4. The van der Waals surface area contributed by atoms with Crippen molar-refractivity contribution in [3.05, 3.63) is 95.6 Å². The molecular formula is C21H21P. The molecule has 0 spiro atoms. The van der Waals surface area contributed by atoms with Gasteiger partial charge in [-0.2, -0.15) is 0 Å². The van der Waals surface area contributed by atoms with Gasteiger partial charge in [0.2, 0.25) is 0 Å². The largest absolute Gasteiger partial charge is 0.0622 e. The highest BCUT2D eigenvalue weighted by molar-refractivity contribution is 7.72. The summed E-state index contributed by atoms with van der Waals surface area (Å²) in [6.45, 7) is 4.46. The molecule has 0 heterocycles. The molecule has 0 bridgehead atoms. The zero-order valence-corrected chi connectivity index (χ0v) is 14.1. The van der Waals surface area contributed by atoms with E-state index in [1.165, 1.54) is 27.3 Å². The number of hydrogen-bond acceptors (Lipinski definition) is 0. The van der Waals surface area contributed by atoms with E-state index in [0.717, 1.165) is 6.16 Å². The first kappa shape index (κ1) is 15.0. The number of benzene rings is 3. The van der Waals surface area contributed by atoms with Crippen LogP contribution in [0, 0.1) is 13.8 Å². The minimum Gasteiger partial charge on any atom is -0.0622 e. The maximum Gasteiger partial charge on any atom is 0.000762 e. The number of rotatable bonds is 4. The molecule has 22 heavy (non-hydrogen) atoms. The van der Waals surface area contributed by atoms with Crippen molar-refractivity contribution < 1.29 is 0 Å². The van der Waals surface area contributed by atoms with E-state index in [0.29, 0.717) is 0 Å². The summed E-state index contributed by atoms with van der Waals surface area (Å²) in [5.74, 6) is 0. The fourth-order valence-corrected chi connectivity index (χ4v) is 5.51. The molecule has 0 aliphatic heterocycles. The average molecular weight is 304 g/mol. The van der Waals surface area contributed by atoms with Crippen molar-refractivity contribution in [3.63, 3.8) is 0 Å². The fourth-order valence-electron chi connectivity index (χ4n) is 2.80. The molecule has 0 fully saturated rings. The Bertz CT molecular complexity index is 701. The number of aryl methyl sites for hydroxylation is 2. The second kappa shape index (κ2) is 6.90. The van der Waals surface area contributed by atoms with Crippen molar-refractivity contribution >= 4 is 18.5 Å². The minimum absolute atomic E-state index is 0.369. The molecule has 0 N–H and O–H groups in total. The van der Waals surface area contributed by atoms with Crippen molar-refractivity contribution in [3.8, 4) is 0 Å². The first-order valence-corrected chi connectivity index (χ1v) is 9.21. The van der Waals surface area contributed by atoms with E-state index >= 15 is 0 Å². The summed E-state index contributed by atoms with van der Waals surface area (Å²) < 4.78 is 0. The van der Waals surface area contributed by atoms with E-state index in [1.807, 2.05) is 0 Å². The van der Waals surface area contributed by atoms with Crippen LogP contribution in [0.5, 0.6) is 0 Å². The summed E-state index contributed by atoms with van der Waals surface area (Å²) in [6, 6.07) is 28.5. The third kappa shape index (κ3) is 3.29. The van der Waals surface area contributed by atoms with E-state index in [-0.39, 0.29) is 7.92 Å². The van der Waals surface area contributed by atoms with Crippen LogP contribution < -0.4 is 10.6 Å². The van der Waals surface area contributed by atoms with Gasteiger partial charge in [-0.1, -0.05) is 78.9 Å². The summed E-state index contributed by atoms with van der Waals surface area (Å²) >= 11 is 0. The van der Waals surface area contributed by atoms with Crippen LogP contribution in [0.4, 0.5) is 0 Å². The van der Waals surface area contributed by atoms with Crippen LogP contribution in [0.15, 0.2) is 78.9 Å². The van der Waals surface area contributed by atoms with Crippen molar-refractivity contribution in [2.24, 2.45) is 0 Å². The topological polar surface area (TPSA) is 0 Å². The van der Waals surface area contributed by atoms with Crippen LogP contribution in [0.2, 0.25) is 0 Å². The average Bonchev–Trinajstić information content (AvgIpc) is 2.55. The fraction of sp³-hybridized carbons (Fsp3) is 0.143. The third-order valence-electron chi connectivity index (χ3n) is 4.00. The van der Waals surface area contributed by atoms with Gasteiger partial charge in [0.05, 0.1) is 0 Å². The molecule has 3 aromatic rings. The maximum absolute atomic E-state index is 2.30. The van der Waals surface area contributed by atoms with Crippen molar-refractivity contribution in [2.45, 2.75) is 20.0 Å². The van der Waals surface area contributed by atoms with Crippen LogP contribution in [0.3, 0.4) is 0 Å². The quantitative estimate of drug-likeness (QED) is 0.599. The monoisotopic (exact) mass is 304 g/mol. The van der Waals surface area contributed by atoms with E-state index in [4.69, 9.17) is 0 Å². The molecule has 0 radical (unpaired) electrons. The summed E-state index contributed by atoms with van der Waals surface area (Å²) in [4.78, 5) is 0. The van der Waals surface area contributed by atoms with Crippen molar-refractivity contribution in [2.75, 3.05) is 0 Å². The lowest BCUT2D eigenvalue weighted by Gasteiger charge is -2.22. The van der Waals surface area contributed by atoms with Gasteiger partial charge in [-0.05, 0) is 49.1 Å². The predicted molar refractivity (Wildman–Crippen MR) is 98.7 cm³/mol. The second-order valence-corrected chi connectivity index (χ2v) is 7.78. The molecule has 0 nitrogen and oxygen atoms in total. The molecule has 0 saturated carbocycles. The second-order valence-electron chi connectivity index (χ2n) is 5.64. The molecule has 0 aliphatic rings. The van der Waals surface area contributed by atoms with Crippen LogP contribution in [0.25, 0.3) is 0 Å². The Morgan fingerprint density at radius 3 is 1.55 bits per heavy atom. The van der Waals surface area contributed by atoms with Crippen LogP contribution >= 0.6 is 7.92 Å². The Hall–Kier alpha value is -1.91. The molecule has 0 aromatic heterocycles. The highest BCUT2D eigenvalue weighted by atomic mass is 31.1. The summed E-state index contributed by atoms with van der Waals surface area (Å²) in [5.41, 5.74) is 4.21. The summed E-state index contributed by atoms with van der Waals surface area (Å²) in [7, 11) is -0.369. The molecule has 0 amide bonds. The number of hydrogen-bond donors (Lipinski definition) is 0. The lowest BCUT2D eigenvalue weighted by atomic mass is 10.2. The molecule has 0 atom stereocenters. The molecule has 1 heteroatoms. The van der Waals surface area contributed by atoms with Gasteiger partial charge in [-0.15, -0.1) is 0 Å². The molecule has 3 rings (SSSR count). The Labute approximate surface area is 134 Å². The standard InChI is InChI=1S/C21H21P/c1-17-10-6-8-14-20(17)22(16-19-12-4-3-5-13-19)21-15-9-7-11-18(21)2/h3-15H,16H2,1-2H3. The van der Waals surface area contributed by atoms with Gasteiger partial charge >= 0.3 is 0 Å². The van der Waals surface area contributed by atoms with Crippen LogP contribution in [-0.4, -0.2) is 0 Å². The Balaban J connectivity index is 2.07. The van der Waals surface area contributed by atoms with Gasteiger partial charge in [0.15, 0.2) is 0 Å². The van der Waals surface area contributed by atoms with Crippen molar-refractivity contribution in [1.82, 2.24) is 0 Å². The smallest absolute Gasteiger partial charge is 0.000762 e. The molecule has 3 aromatic carbocycles. The third-order valence-corrected chi connectivity index (χ3v) is 6.84. The Morgan fingerprint density at radius 2 is 1.05 bits per heavy atom. The first-order chi connectivity index (χ1) is 10.8.